The van der Waals surface area contributed by atoms with E-state index in [1.54, 1.807) is 31.2 Å². The molecular weight excluding hydrogens is 342 g/mol. The largest absolute Gasteiger partial charge is 0.490 e. The van der Waals surface area contributed by atoms with E-state index >= 15 is 0 Å². The summed E-state index contributed by atoms with van der Waals surface area (Å²) in [6.45, 7) is 1.77. The molecule has 0 saturated heterocycles. The molecule has 0 fully saturated rings. The van der Waals surface area contributed by atoms with Gasteiger partial charge in [-0.1, -0.05) is 0 Å². The Hall–Kier alpha value is -3.55. The summed E-state index contributed by atoms with van der Waals surface area (Å²) in [5.74, 6) is 1.12. The predicted molar refractivity (Wildman–Crippen MR) is 92.0 cm³/mol. The molecule has 0 radical (unpaired) electrons. The quantitative estimate of drug-likeness (QED) is 0.524. The highest BCUT2D eigenvalue weighted by atomic mass is 16.7. The second-order valence-corrected chi connectivity index (χ2v) is 5.78. The van der Waals surface area contributed by atoms with Crippen molar-refractivity contribution >= 4 is 16.7 Å². The summed E-state index contributed by atoms with van der Waals surface area (Å²) < 4.78 is 21.7. The van der Waals surface area contributed by atoms with Crippen LogP contribution in [0.25, 0.3) is 22.3 Å². The number of nitro groups is 1. The summed E-state index contributed by atoms with van der Waals surface area (Å²) in [5.41, 5.74) is 0.211. The van der Waals surface area contributed by atoms with Crippen LogP contribution in [0.1, 0.15) is 5.56 Å². The highest BCUT2D eigenvalue weighted by Crippen LogP contribution is 2.40. The molecule has 2 heterocycles. The molecule has 0 saturated carbocycles. The number of benzene rings is 2. The molecule has 0 N–H and O–H groups in total. The fourth-order valence-corrected chi connectivity index (χ4v) is 2.95. The Morgan fingerprint density at radius 1 is 1.15 bits per heavy atom. The zero-order chi connectivity index (χ0) is 18.4. The van der Waals surface area contributed by atoms with Gasteiger partial charge in [0.15, 0.2) is 17.3 Å². The van der Waals surface area contributed by atoms with E-state index in [4.69, 9.17) is 18.6 Å². The molecular formula is C18H13NO7. The van der Waals surface area contributed by atoms with E-state index in [9.17, 15) is 14.9 Å². The van der Waals surface area contributed by atoms with Crippen LogP contribution in [0.4, 0.5) is 5.69 Å². The van der Waals surface area contributed by atoms with E-state index in [1.807, 2.05) is 0 Å². The zero-order valence-electron chi connectivity index (χ0n) is 13.9. The van der Waals surface area contributed by atoms with Crippen molar-refractivity contribution in [3.63, 3.8) is 0 Å². The van der Waals surface area contributed by atoms with Crippen molar-refractivity contribution in [2.75, 3.05) is 13.9 Å². The van der Waals surface area contributed by atoms with Crippen molar-refractivity contribution in [3.8, 4) is 28.6 Å². The van der Waals surface area contributed by atoms with Crippen LogP contribution >= 0.6 is 0 Å². The fraction of sp³-hybridized carbons (Fsp3) is 0.167. The van der Waals surface area contributed by atoms with Crippen LogP contribution in [0, 0.1) is 17.0 Å². The number of hydrogen-bond donors (Lipinski definition) is 0. The zero-order valence-corrected chi connectivity index (χ0v) is 13.9. The lowest BCUT2D eigenvalue weighted by molar-refractivity contribution is -0.383. The number of nitro benzene ring substituents is 1. The minimum absolute atomic E-state index is 0.0312. The predicted octanol–water partition coefficient (Wildman–Crippen LogP) is 3.41. The molecule has 0 amide bonds. The van der Waals surface area contributed by atoms with E-state index in [0.29, 0.717) is 22.6 Å². The van der Waals surface area contributed by atoms with Gasteiger partial charge in [0.2, 0.25) is 23.6 Å². The maximum absolute atomic E-state index is 12.9. The van der Waals surface area contributed by atoms with Crippen LogP contribution in [0.3, 0.4) is 0 Å². The molecule has 0 unspecified atom stereocenters. The summed E-state index contributed by atoms with van der Waals surface area (Å²) in [5, 5.41) is 11.5. The number of rotatable bonds is 3. The van der Waals surface area contributed by atoms with Gasteiger partial charge in [0.1, 0.15) is 0 Å². The maximum atomic E-state index is 12.9. The number of hydrogen-bond acceptors (Lipinski definition) is 7. The summed E-state index contributed by atoms with van der Waals surface area (Å²) in [4.78, 5) is 23.7. The van der Waals surface area contributed by atoms with Crippen LogP contribution in [0.15, 0.2) is 39.5 Å². The minimum Gasteiger partial charge on any atom is -0.490 e. The number of aryl methyl sites for hydroxylation is 1. The number of ether oxygens (including phenoxy) is 3. The van der Waals surface area contributed by atoms with Gasteiger partial charge in [0, 0.05) is 11.6 Å². The molecule has 26 heavy (non-hydrogen) atoms. The van der Waals surface area contributed by atoms with Crippen molar-refractivity contribution < 1.29 is 23.6 Å². The van der Waals surface area contributed by atoms with Gasteiger partial charge in [-0.3, -0.25) is 14.9 Å². The van der Waals surface area contributed by atoms with Gasteiger partial charge in [0.05, 0.1) is 17.4 Å². The lowest BCUT2D eigenvalue weighted by Gasteiger charge is -2.10. The highest BCUT2D eigenvalue weighted by Gasteiger charge is 2.25. The number of methoxy groups -OCH3 is 1. The molecule has 0 spiro atoms. The molecule has 4 rings (SSSR count). The lowest BCUT2D eigenvalue weighted by atomic mass is 10.1. The van der Waals surface area contributed by atoms with Crippen molar-refractivity contribution in [1.29, 1.82) is 0 Å². The third-order valence-corrected chi connectivity index (χ3v) is 4.11. The van der Waals surface area contributed by atoms with Crippen molar-refractivity contribution in [3.05, 3.63) is 56.2 Å². The second kappa shape index (κ2) is 5.76. The van der Waals surface area contributed by atoms with Gasteiger partial charge >= 0.3 is 5.69 Å². The molecule has 1 aliphatic heterocycles. The number of fused-ring (bicyclic) bond motifs is 2. The topological polar surface area (TPSA) is 101 Å². The van der Waals surface area contributed by atoms with Gasteiger partial charge in [-0.2, -0.15) is 0 Å². The smallest absolute Gasteiger partial charge is 0.312 e. The molecule has 0 atom stereocenters. The average Bonchev–Trinajstić information content (AvgIpc) is 3.09. The Morgan fingerprint density at radius 3 is 2.65 bits per heavy atom. The first-order valence-electron chi connectivity index (χ1n) is 7.69. The Morgan fingerprint density at radius 2 is 1.92 bits per heavy atom. The third kappa shape index (κ3) is 2.34. The van der Waals surface area contributed by atoms with Gasteiger partial charge in [-0.15, -0.1) is 0 Å². The lowest BCUT2D eigenvalue weighted by Crippen LogP contribution is -2.09. The summed E-state index contributed by atoms with van der Waals surface area (Å²) in [7, 11) is 1.35. The van der Waals surface area contributed by atoms with Gasteiger partial charge in [0.25, 0.3) is 0 Å². The first kappa shape index (κ1) is 15.9. The van der Waals surface area contributed by atoms with Crippen LogP contribution in [-0.2, 0) is 0 Å². The molecule has 8 nitrogen and oxygen atoms in total. The maximum Gasteiger partial charge on any atom is 0.312 e. The van der Waals surface area contributed by atoms with Gasteiger partial charge in [-0.05, 0) is 36.8 Å². The van der Waals surface area contributed by atoms with E-state index in [1.165, 1.54) is 13.2 Å². The normalized spacial score (nSPS) is 12.4. The van der Waals surface area contributed by atoms with Crippen LogP contribution in [0.5, 0.6) is 17.2 Å². The molecule has 1 aromatic heterocycles. The van der Waals surface area contributed by atoms with E-state index in [0.717, 1.165) is 0 Å². The molecule has 1 aliphatic rings. The van der Waals surface area contributed by atoms with Gasteiger partial charge in [-0.25, -0.2) is 0 Å². The van der Waals surface area contributed by atoms with E-state index in [-0.39, 0.29) is 35.0 Å². The average molecular weight is 355 g/mol. The van der Waals surface area contributed by atoms with Gasteiger partial charge < -0.3 is 18.6 Å². The molecule has 132 valence electrons. The number of nitrogens with zero attached hydrogens (tertiary/aromatic N) is 1. The Labute approximate surface area is 146 Å². The molecule has 3 aromatic rings. The third-order valence-electron chi connectivity index (χ3n) is 4.11. The second-order valence-electron chi connectivity index (χ2n) is 5.78. The molecule has 0 aliphatic carbocycles. The standard InChI is InChI=1S/C18H13NO7/c1-9-5-11-15(20)18(23-2)16(26-17(11)12(6-9)19(21)22)10-3-4-13-14(7-10)25-8-24-13/h3-7H,8H2,1-2H3. The fourth-order valence-electron chi connectivity index (χ4n) is 2.95. The van der Waals surface area contributed by atoms with Crippen LogP contribution < -0.4 is 19.6 Å². The highest BCUT2D eigenvalue weighted by molar-refractivity contribution is 5.89. The first-order valence-corrected chi connectivity index (χ1v) is 7.69. The molecule has 0 bridgehead atoms. The van der Waals surface area contributed by atoms with Crippen molar-refractivity contribution in [2.45, 2.75) is 6.92 Å². The Kier molecular flexibility index (Phi) is 3.54. The first-order chi connectivity index (χ1) is 12.5. The van der Waals surface area contributed by atoms with Crippen molar-refractivity contribution in [1.82, 2.24) is 0 Å². The van der Waals surface area contributed by atoms with Crippen LogP contribution in [0.2, 0.25) is 0 Å². The van der Waals surface area contributed by atoms with E-state index < -0.39 is 10.4 Å². The Balaban J connectivity index is 2.06. The van der Waals surface area contributed by atoms with E-state index in [2.05, 4.69) is 0 Å². The summed E-state index contributed by atoms with van der Waals surface area (Å²) >= 11 is 0. The Bertz CT molecular complexity index is 1120. The summed E-state index contributed by atoms with van der Waals surface area (Å²) in [6.07, 6.45) is 0. The monoisotopic (exact) mass is 355 g/mol. The summed E-state index contributed by atoms with van der Waals surface area (Å²) in [6, 6.07) is 7.88. The van der Waals surface area contributed by atoms with Crippen LogP contribution in [-0.4, -0.2) is 18.8 Å². The SMILES string of the molecule is COc1c(-c2ccc3c(c2)OCO3)oc2c([N+](=O)[O-])cc(C)cc2c1=O. The number of non-ortho nitro benzene ring substituents is 1. The molecule has 8 heteroatoms. The van der Waals surface area contributed by atoms with Crippen molar-refractivity contribution in [2.24, 2.45) is 0 Å². The minimum atomic E-state index is -0.575. The molecule has 2 aromatic carbocycles.